The lowest BCUT2D eigenvalue weighted by molar-refractivity contribution is -0.113. The van der Waals surface area contributed by atoms with Gasteiger partial charge in [0.05, 0.1) is 7.11 Å². The van der Waals surface area contributed by atoms with Crippen LogP contribution < -0.4 is 4.74 Å². The Morgan fingerprint density at radius 1 is 1.35 bits per heavy atom. The number of ketones is 1. The molecule has 20 heavy (non-hydrogen) atoms. The molecule has 0 bridgehead atoms. The predicted octanol–water partition coefficient (Wildman–Crippen LogP) is 3.71. The number of nitrogens with zero attached hydrogens (tertiary/aromatic N) is 2. The van der Waals surface area contributed by atoms with Crippen LogP contribution in [0, 0.1) is 0 Å². The van der Waals surface area contributed by atoms with E-state index < -0.39 is 0 Å². The van der Waals surface area contributed by atoms with Crippen molar-refractivity contribution in [3.8, 4) is 5.88 Å². The number of rotatable bonds is 6. The van der Waals surface area contributed by atoms with Gasteiger partial charge in [0.25, 0.3) is 0 Å². The van der Waals surface area contributed by atoms with E-state index >= 15 is 0 Å². The molecule has 0 saturated carbocycles. The minimum Gasteiger partial charge on any atom is -0.480 e. The van der Waals surface area contributed by atoms with Crippen LogP contribution in [0.1, 0.15) is 45.2 Å². The van der Waals surface area contributed by atoms with E-state index in [1.165, 1.54) is 6.08 Å². The normalized spacial score (nSPS) is 10.1. The lowest BCUT2D eigenvalue weighted by Crippen LogP contribution is -1.99. The third-order valence-electron chi connectivity index (χ3n) is 2.38. The van der Waals surface area contributed by atoms with Crippen molar-refractivity contribution < 1.29 is 9.53 Å². The van der Waals surface area contributed by atoms with Gasteiger partial charge in [-0.1, -0.05) is 39.5 Å². The highest BCUT2D eigenvalue weighted by Gasteiger charge is 2.07. The number of hydrogen-bond acceptors (Lipinski definition) is 4. The Balaban J connectivity index is 0.000000370. The summed E-state index contributed by atoms with van der Waals surface area (Å²) in [7, 11) is 1.61. The predicted molar refractivity (Wildman–Crippen MR) is 81.9 cm³/mol. The smallest absolute Gasteiger partial charge is 0.235 e. The molecule has 0 fully saturated rings. The summed E-state index contributed by atoms with van der Waals surface area (Å²) in [6.07, 6.45) is 9.98. The maximum absolute atomic E-state index is 10.5. The Hall–Kier alpha value is -1.97. The van der Waals surface area contributed by atoms with E-state index in [9.17, 15) is 4.79 Å². The molecule has 0 radical (unpaired) electrons. The molecular weight excluding hydrogens is 252 g/mol. The summed E-state index contributed by atoms with van der Waals surface area (Å²) >= 11 is 0. The Bertz CT molecular complexity index is 440. The molecule has 110 valence electrons. The molecule has 0 aromatic carbocycles. The first kappa shape index (κ1) is 18.0. The van der Waals surface area contributed by atoms with Gasteiger partial charge in [-0.25, -0.2) is 4.98 Å². The molecule has 1 rings (SSSR count). The van der Waals surface area contributed by atoms with E-state index in [1.54, 1.807) is 19.5 Å². The van der Waals surface area contributed by atoms with E-state index in [4.69, 9.17) is 4.74 Å². The Morgan fingerprint density at radius 3 is 2.45 bits per heavy atom. The van der Waals surface area contributed by atoms with Crippen LogP contribution in [0.5, 0.6) is 5.88 Å². The Kier molecular flexibility index (Phi) is 9.83. The maximum atomic E-state index is 10.5. The third kappa shape index (κ3) is 7.46. The van der Waals surface area contributed by atoms with Crippen LogP contribution in [-0.2, 0) is 4.79 Å². The molecule has 0 atom stereocenters. The summed E-state index contributed by atoms with van der Waals surface area (Å²) in [5.41, 5.74) is 0.912. The highest BCUT2D eigenvalue weighted by Crippen LogP contribution is 2.19. The van der Waals surface area contributed by atoms with Crippen LogP contribution in [-0.4, -0.2) is 22.9 Å². The second-order valence-corrected chi connectivity index (χ2v) is 4.36. The molecule has 0 spiro atoms. The Labute approximate surface area is 121 Å². The van der Waals surface area contributed by atoms with Crippen LogP contribution in [0.15, 0.2) is 37.2 Å². The molecule has 0 aliphatic heterocycles. The molecule has 1 aromatic rings. The van der Waals surface area contributed by atoms with Crippen molar-refractivity contribution >= 4 is 5.78 Å². The van der Waals surface area contributed by atoms with E-state index in [0.717, 1.165) is 12.1 Å². The van der Waals surface area contributed by atoms with E-state index in [-0.39, 0.29) is 5.78 Å². The van der Waals surface area contributed by atoms with Gasteiger partial charge < -0.3 is 4.74 Å². The summed E-state index contributed by atoms with van der Waals surface area (Å²) < 4.78 is 5.03. The minimum absolute atomic E-state index is 0.0831. The quantitative estimate of drug-likeness (QED) is 0.587. The zero-order valence-electron chi connectivity index (χ0n) is 12.8. The molecule has 0 amide bonds. The Morgan fingerprint density at radius 2 is 2.00 bits per heavy atom. The summed E-state index contributed by atoms with van der Waals surface area (Å²) in [5.74, 6) is 1.07. The number of methoxy groups -OCH3 is 1. The molecule has 0 N–H and O–H groups in total. The number of ether oxygens (including phenoxy) is 1. The highest BCUT2D eigenvalue weighted by atomic mass is 16.5. The SMILES string of the molecule is C=CC(=O)C/C=C\CC.COc1nccnc1C(C)C. The van der Waals surface area contributed by atoms with Crippen molar-refractivity contribution in [2.75, 3.05) is 7.11 Å². The van der Waals surface area contributed by atoms with Gasteiger partial charge in [-0.2, -0.15) is 0 Å². The summed E-state index contributed by atoms with van der Waals surface area (Å²) in [6.45, 7) is 9.52. The lowest BCUT2D eigenvalue weighted by atomic mass is 10.1. The van der Waals surface area contributed by atoms with Crippen molar-refractivity contribution in [3.63, 3.8) is 0 Å². The average Bonchev–Trinajstić information content (AvgIpc) is 2.47. The molecule has 0 aliphatic carbocycles. The van der Waals surface area contributed by atoms with Crippen LogP contribution in [0.3, 0.4) is 0 Å². The first-order chi connectivity index (χ1) is 9.56. The molecule has 0 saturated heterocycles. The fraction of sp³-hybridized carbons (Fsp3) is 0.438. The van der Waals surface area contributed by atoms with Gasteiger partial charge in [0.15, 0.2) is 5.78 Å². The fourth-order valence-electron chi connectivity index (χ4n) is 1.34. The molecule has 0 aliphatic rings. The average molecular weight is 276 g/mol. The maximum Gasteiger partial charge on any atom is 0.235 e. The van der Waals surface area contributed by atoms with Crippen LogP contribution in [0.2, 0.25) is 0 Å². The van der Waals surface area contributed by atoms with Crippen LogP contribution in [0.25, 0.3) is 0 Å². The van der Waals surface area contributed by atoms with E-state index in [2.05, 4.69) is 30.4 Å². The monoisotopic (exact) mass is 276 g/mol. The van der Waals surface area contributed by atoms with Crippen molar-refractivity contribution in [1.82, 2.24) is 9.97 Å². The van der Waals surface area contributed by atoms with Crippen molar-refractivity contribution in [3.05, 3.63) is 42.9 Å². The topological polar surface area (TPSA) is 52.1 Å². The van der Waals surface area contributed by atoms with Gasteiger partial charge in [-0.3, -0.25) is 9.78 Å². The molecule has 1 aromatic heterocycles. The molecule has 1 heterocycles. The van der Waals surface area contributed by atoms with Gasteiger partial charge >= 0.3 is 0 Å². The second-order valence-electron chi connectivity index (χ2n) is 4.36. The largest absolute Gasteiger partial charge is 0.480 e. The first-order valence-corrected chi connectivity index (χ1v) is 6.71. The van der Waals surface area contributed by atoms with Crippen LogP contribution in [0.4, 0.5) is 0 Å². The van der Waals surface area contributed by atoms with Crippen molar-refractivity contribution in [1.29, 1.82) is 0 Å². The van der Waals surface area contributed by atoms with Gasteiger partial charge in [-0.05, 0) is 12.5 Å². The fourth-order valence-corrected chi connectivity index (χ4v) is 1.34. The number of carbonyl (C=O) groups is 1. The second kappa shape index (κ2) is 10.9. The van der Waals surface area contributed by atoms with Gasteiger partial charge in [0, 0.05) is 24.7 Å². The van der Waals surface area contributed by atoms with Crippen LogP contribution >= 0.6 is 0 Å². The van der Waals surface area contributed by atoms with Gasteiger partial charge in [-0.15, -0.1) is 0 Å². The number of hydrogen-bond donors (Lipinski definition) is 0. The first-order valence-electron chi connectivity index (χ1n) is 6.71. The van der Waals surface area contributed by atoms with E-state index in [1.807, 2.05) is 19.1 Å². The minimum atomic E-state index is 0.0831. The van der Waals surface area contributed by atoms with Gasteiger partial charge in [0.2, 0.25) is 5.88 Å². The summed E-state index contributed by atoms with van der Waals surface area (Å²) in [5, 5.41) is 0. The summed E-state index contributed by atoms with van der Waals surface area (Å²) in [6, 6.07) is 0. The lowest BCUT2D eigenvalue weighted by Gasteiger charge is -2.07. The number of allylic oxidation sites excluding steroid dienone is 3. The zero-order chi connectivity index (χ0) is 15.4. The van der Waals surface area contributed by atoms with E-state index in [0.29, 0.717) is 18.2 Å². The third-order valence-corrected chi connectivity index (χ3v) is 2.38. The molecule has 0 unspecified atom stereocenters. The summed E-state index contributed by atoms with van der Waals surface area (Å²) in [4.78, 5) is 18.7. The van der Waals surface area contributed by atoms with Crippen molar-refractivity contribution in [2.24, 2.45) is 0 Å². The highest BCUT2D eigenvalue weighted by molar-refractivity contribution is 5.90. The molecular formula is C16H24N2O2. The standard InChI is InChI=1S/C8H12N2O.C8H12O/c1-6(2)7-8(11-3)10-5-4-9-7;1-3-5-6-7-8(9)4-2/h4-6H,1-3H3;4-6H,2-3,7H2,1H3/b;6-5-. The van der Waals surface area contributed by atoms with Gasteiger partial charge in [0.1, 0.15) is 5.69 Å². The number of aromatic nitrogens is 2. The zero-order valence-corrected chi connectivity index (χ0v) is 12.8. The molecule has 4 heteroatoms. The molecule has 4 nitrogen and oxygen atoms in total. The number of carbonyl (C=O) groups excluding carboxylic acids is 1. The van der Waals surface area contributed by atoms with Crippen molar-refractivity contribution in [2.45, 2.75) is 39.5 Å².